The van der Waals surface area contributed by atoms with Crippen LogP contribution in [0.25, 0.3) is 0 Å². The third kappa shape index (κ3) is 1.38. The fourth-order valence-electron chi connectivity index (χ4n) is 1.58. The summed E-state index contributed by atoms with van der Waals surface area (Å²) in [6, 6.07) is -1.23. The molecule has 0 spiro atoms. The van der Waals surface area contributed by atoms with Gasteiger partial charge in [0, 0.05) is 14.0 Å². The van der Waals surface area contributed by atoms with Gasteiger partial charge in [0.05, 0.1) is 0 Å². The zero-order valence-corrected chi connectivity index (χ0v) is 8.77. The van der Waals surface area contributed by atoms with Gasteiger partial charge in [-0.15, -0.1) is 0 Å². The van der Waals surface area contributed by atoms with Crippen LogP contribution in [0.5, 0.6) is 0 Å². The second kappa shape index (κ2) is 3.40. The van der Waals surface area contributed by atoms with Crippen LogP contribution < -0.4 is 0 Å². The Morgan fingerprint density at radius 1 is 1.14 bits per heavy atom. The number of nitrogens with zero attached hydrogens (tertiary/aromatic N) is 2. The van der Waals surface area contributed by atoms with Gasteiger partial charge in [-0.1, -0.05) is 0 Å². The van der Waals surface area contributed by atoms with E-state index < -0.39 is 12.1 Å². The van der Waals surface area contributed by atoms with Crippen molar-refractivity contribution in [2.45, 2.75) is 32.9 Å². The van der Waals surface area contributed by atoms with Crippen LogP contribution >= 0.6 is 0 Å². The number of carbonyl (C=O) groups excluding carboxylic acids is 3. The number of amides is 3. The molecule has 5 nitrogen and oxygen atoms in total. The van der Waals surface area contributed by atoms with Crippen LogP contribution in [-0.2, 0) is 14.4 Å². The summed E-state index contributed by atoms with van der Waals surface area (Å²) in [5.41, 5.74) is 0. The molecular formula is C9H14N2O3. The third-order valence-corrected chi connectivity index (χ3v) is 2.61. The Balaban J connectivity index is 3.04. The molecule has 0 N–H and O–H groups in total. The van der Waals surface area contributed by atoms with Crippen LogP contribution in [0.15, 0.2) is 0 Å². The van der Waals surface area contributed by atoms with Gasteiger partial charge < -0.3 is 4.90 Å². The lowest BCUT2D eigenvalue weighted by Gasteiger charge is -2.39. The van der Waals surface area contributed by atoms with Crippen LogP contribution in [0.3, 0.4) is 0 Å². The Hall–Kier alpha value is -1.39. The number of piperazine rings is 1. The van der Waals surface area contributed by atoms with Crippen LogP contribution in [0, 0.1) is 0 Å². The summed E-state index contributed by atoms with van der Waals surface area (Å²) in [5.74, 6) is -0.893. The van der Waals surface area contributed by atoms with Gasteiger partial charge in [0.1, 0.15) is 12.1 Å². The monoisotopic (exact) mass is 198 g/mol. The van der Waals surface area contributed by atoms with Crippen molar-refractivity contribution in [3.8, 4) is 0 Å². The van der Waals surface area contributed by atoms with E-state index in [1.165, 1.54) is 11.8 Å². The molecule has 1 rings (SSSR count). The van der Waals surface area contributed by atoms with Gasteiger partial charge >= 0.3 is 0 Å². The maximum Gasteiger partial charge on any atom is 0.252 e. The number of imide groups is 1. The highest BCUT2D eigenvalue weighted by Crippen LogP contribution is 2.16. The molecule has 3 amide bonds. The molecule has 0 bridgehead atoms. The fourth-order valence-corrected chi connectivity index (χ4v) is 1.58. The smallest absolute Gasteiger partial charge is 0.252 e. The molecule has 1 aliphatic heterocycles. The topological polar surface area (TPSA) is 57.7 Å². The first-order chi connectivity index (χ1) is 6.37. The molecule has 5 heteroatoms. The van der Waals surface area contributed by atoms with Crippen molar-refractivity contribution in [1.29, 1.82) is 0 Å². The van der Waals surface area contributed by atoms with E-state index in [1.807, 2.05) is 0 Å². The number of carbonyl (C=O) groups is 3. The van der Waals surface area contributed by atoms with Gasteiger partial charge in [-0.25, -0.2) is 0 Å². The molecule has 0 aliphatic carbocycles. The van der Waals surface area contributed by atoms with Gasteiger partial charge in [0.15, 0.2) is 0 Å². The summed E-state index contributed by atoms with van der Waals surface area (Å²) in [6.07, 6.45) is 0. The Labute approximate surface area is 82.7 Å². The van der Waals surface area contributed by atoms with Crippen LogP contribution in [0.1, 0.15) is 20.8 Å². The third-order valence-electron chi connectivity index (χ3n) is 2.61. The highest BCUT2D eigenvalue weighted by Gasteiger charge is 2.41. The molecule has 1 heterocycles. The number of rotatable bonds is 0. The molecule has 78 valence electrons. The van der Waals surface area contributed by atoms with E-state index in [4.69, 9.17) is 0 Å². The maximum absolute atomic E-state index is 11.6. The highest BCUT2D eigenvalue weighted by atomic mass is 16.2. The molecule has 0 aromatic rings. The summed E-state index contributed by atoms with van der Waals surface area (Å²) in [5, 5.41) is 0. The van der Waals surface area contributed by atoms with E-state index >= 15 is 0 Å². The van der Waals surface area contributed by atoms with Gasteiger partial charge in [-0.2, -0.15) is 0 Å². The van der Waals surface area contributed by atoms with Crippen molar-refractivity contribution in [3.63, 3.8) is 0 Å². The molecule has 1 aliphatic rings. The molecule has 14 heavy (non-hydrogen) atoms. The Morgan fingerprint density at radius 2 is 1.64 bits per heavy atom. The number of hydrogen-bond donors (Lipinski definition) is 0. The lowest BCUT2D eigenvalue weighted by Crippen LogP contribution is -2.62. The van der Waals surface area contributed by atoms with E-state index in [-0.39, 0.29) is 17.7 Å². The Kier molecular flexibility index (Phi) is 2.59. The molecule has 2 atom stereocenters. The molecule has 0 aromatic heterocycles. The molecule has 1 saturated heterocycles. The summed E-state index contributed by atoms with van der Waals surface area (Å²) < 4.78 is 0. The highest BCUT2D eigenvalue weighted by molar-refractivity contribution is 6.05. The first-order valence-electron chi connectivity index (χ1n) is 4.48. The molecule has 0 radical (unpaired) electrons. The summed E-state index contributed by atoms with van der Waals surface area (Å²) >= 11 is 0. The van der Waals surface area contributed by atoms with E-state index in [0.717, 1.165) is 4.90 Å². The minimum absolute atomic E-state index is 0.202. The van der Waals surface area contributed by atoms with E-state index in [2.05, 4.69) is 0 Å². The quantitative estimate of drug-likeness (QED) is 0.532. The summed E-state index contributed by atoms with van der Waals surface area (Å²) in [7, 11) is 1.57. The lowest BCUT2D eigenvalue weighted by molar-refractivity contribution is -0.164. The average Bonchev–Trinajstić information content (AvgIpc) is 2.11. The van der Waals surface area contributed by atoms with Crippen LogP contribution in [0.4, 0.5) is 0 Å². The van der Waals surface area contributed by atoms with E-state index in [1.54, 1.807) is 20.9 Å². The minimum Gasteiger partial charge on any atom is -0.332 e. The van der Waals surface area contributed by atoms with Crippen molar-refractivity contribution in [2.75, 3.05) is 7.05 Å². The molecular weight excluding hydrogens is 184 g/mol. The average molecular weight is 198 g/mol. The van der Waals surface area contributed by atoms with Gasteiger partial charge in [0.25, 0.3) is 5.91 Å². The second-order valence-corrected chi connectivity index (χ2v) is 3.53. The zero-order valence-electron chi connectivity index (χ0n) is 8.77. The van der Waals surface area contributed by atoms with Crippen LogP contribution in [-0.4, -0.2) is 46.7 Å². The van der Waals surface area contributed by atoms with Crippen molar-refractivity contribution in [3.05, 3.63) is 0 Å². The Bertz CT molecular complexity index is 300. The zero-order chi connectivity index (χ0) is 11.0. The van der Waals surface area contributed by atoms with Crippen LogP contribution in [0.2, 0.25) is 0 Å². The van der Waals surface area contributed by atoms with Crippen molar-refractivity contribution >= 4 is 17.7 Å². The van der Waals surface area contributed by atoms with Gasteiger partial charge in [-0.05, 0) is 13.8 Å². The first kappa shape index (κ1) is 10.7. The number of hydrogen-bond acceptors (Lipinski definition) is 3. The second-order valence-electron chi connectivity index (χ2n) is 3.53. The predicted octanol–water partition coefficient (Wildman–Crippen LogP) is -0.389. The molecule has 1 fully saturated rings. The lowest BCUT2D eigenvalue weighted by atomic mass is 10.1. The number of likely N-dealkylation sites (N-methyl/N-ethyl adjacent to an activating group) is 1. The fraction of sp³-hybridized carbons (Fsp3) is 0.667. The minimum atomic E-state index is -0.679. The van der Waals surface area contributed by atoms with Gasteiger partial charge in [0.2, 0.25) is 11.8 Å². The standard InChI is InChI=1S/C9H14N2O3/c1-5-9(14)11(7(3)12)6(2)8(13)10(5)4/h5-6H,1-4H3/t5-,6+/m0/s1. The van der Waals surface area contributed by atoms with Crippen molar-refractivity contribution in [1.82, 2.24) is 9.80 Å². The largest absolute Gasteiger partial charge is 0.332 e. The van der Waals surface area contributed by atoms with Gasteiger partial charge in [-0.3, -0.25) is 19.3 Å². The predicted molar refractivity (Wildman–Crippen MR) is 49.2 cm³/mol. The maximum atomic E-state index is 11.6. The summed E-state index contributed by atoms with van der Waals surface area (Å²) in [6.45, 7) is 4.46. The van der Waals surface area contributed by atoms with E-state index in [0.29, 0.717) is 0 Å². The summed E-state index contributed by atoms with van der Waals surface area (Å²) in [4.78, 5) is 36.8. The molecule has 0 aromatic carbocycles. The van der Waals surface area contributed by atoms with Crippen molar-refractivity contribution in [2.24, 2.45) is 0 Å². The normalized spacial score (nSPS) is 28.3. The first-order valence-corrected chi connectivity index (χ1v) is 4.48. The van der Waals surface area contributed by atoms with E-state index in [9.17, 15) is 14.4 Å². The Morgan fingerprint density at radius 3 is 2.07 bits per heavy atom. The SMILES string of the molecule is CC(=O)N1C(=O)[C@H](C)N(C)C(=O)[C@H]1C. The molecule has 0 unspecified atom stereocenters. The van der Waals surface area contributed by atoms with Crippen molar-refractivity contribution < 1.29 is 14.4 Å². The molecule has 0 saturated carbocycles.